The first-order chi connectivity index (χ1) is 18.5. The number of benzene rings is 2. The number of rotatable bonds is 5. The van der Waals surface area contributed by atoms with E-state index >= 15 is 0 Å². The van der Waals surface area contributed by atoms with E-state index in [1.807, 2.05) is 20.8 Å². The van der Waals surface area contributed by atoms with Crippen LogP contribution in [0, 0.1) is 5.82 Å². The van der Waals surface area contributed by atoms with Gasteiger partial charge >= 0.3 is 6.09 Å². The number of aromatic nitrogens is 2. The molecular formula is C29H30FN3O5S. The Labute approximate surface area is 227 Å². The van der Waals surface area contributed by atoms with Crippen LogP contribution in [0.3, 0.4) is 0 Å². The predicted molar refractivity (Wildman–Crippen MR) is 146 cm³/mol. The lowest BCUT2D eigenvalue weighted by atomic mass is 10.1. The molecule has 5 rings (SSSR count). The highest BCUT2D eigenvalue weighted by Gasteiger charge is 2.28. The lowest BCUT2D eigenvalue weighted by molar-refractivity contribution is 0.0123. The number of carbonyl (C=O) groups is 1. The van der Waals surface area contributed by atoms with Gasteiger partial charge in [-0.05, 0) is 57.2 Å². The molecule has 0 atom stereocenters. The van der Waals surface area contributed by atoms with Crippen LogP contribution >= 0.6 is 0 Å². The smallest absolute Gasteiger partial charge is 0.410 e. The SMILES string of the molecule is CC(C)(C)OC(=O)N1CCC(Oc2ccc(-c3cn(S(=O)(=O)c4ccccc4)c4cc(F)ccc34)cn2)CC1. The van der Waals surface area contributed by atoms with Crippen molar-refractivity contribution in [2.75, 3.05) is 13.1 Å². The zero-order valence-corrected chi connectivity index (χ0v) is 22.8. The number of hydrogen-bond acceptors (Lipinski definition) is 6. The lowest BCUT2D eigenvalue weighted by Gasteiger charge is -2.33. The molecule has 2 aromatic carbocycles. The van der Waals surface area contributed by atoms with Crippen LogP contribution in [0.15, 0.2) is 78.0 Å². The Morgan fingerprint density at radius 2 is 1.74 bits per heavy atom. The van der Waals surface area contributed by atoms with Gasteiger partial charge in [0, 0.05) is 60.9 Å². The van der Waals surface area contributed by atoms with E-state index in [2.05, 4.69) is 4.98 Å². The summed E-state index contributed by atoms with van der Waals surface area (Å²) in [6.45, 7) is 6.59. The summed E-state index contributed by atoms with van der Waals surface area (Å²) in [5, 5.41) is 0.584. The molecule has 0 N–H and O–H groups in total. The molecule has 1 amide bonds. The van der Waals surface area contributed by atoms with E-state index in [9.17, 15) is 17.6 Å². The molecule has 1 saturated heterocycles. The van der Waals surface area contributed by atoms with Crippen LogP contribution in [0.2, 0.25) is 0 Å². The third-order valence-corrected chi connectivity index (χ3v) is 8.15. The fourth-order valence-electron chi connectivity index (χ4n) is 4.57. The molecule has 2 aromatic heterocycles. The van der Waals surface area contributed by atoms with Crippen molar-refractivity contribution < 1.29 is 27.1 Å². The van der Waals surface area contributed by atoms with Gasteiger partial charge in [0.15, 0.2) is 0 Å². The number of hydrogen-bond donors (Lipinski definition) is 0. The number of ether oxygens (including phenoxy) is 2. The van der Waals surface area contributed by atoms with Crippen molar-refractivity contribution in [3.8, 4) is 17.0 Å². The quantitative estimate of drug-likeness (QED) is 0.309. The normalized spacial score (nSPS) is 14.9. The maximum Gasteiger partial charge on any atom is 0.410 e. The van der Waals surface area contributed by atoms with E-state index in [-0.39, 0.29) is 22.6 Å². The van der Waals surface area contributed by atoms with Crippen molar-refractivity contribution in [1.82, 2.24) is 13.9 Å². The van der Waals surface area contributed by atoms with E-state index in [0.29, 0.717) is 48.3 Å². The van der Waals surface area contributed by atoms with Gasteiger partial charge in [0.25, 0.3) is 10.0 Å². The fraction of sp³-hybridized carbons (Fsp3) is 0.310. The Morgan fingerprint density at radius 3 is 2.38 bits per heavy atom. The molecule has 3 heterocycles. The van der Waals surface area contributed by atoms with Gasteiger partial charge in [-0.25, -0.2) is 26.6 Å². The summed E-state index contributed by atoms with van der Waals surface area (Å²) in [6.07, 6.45) is 4.00. The zero-order valence-electron chi connectivity index (χ0n) is 22.0. The summed E-state index contributed by atoms with van der Waals surface area (Å²) >= 11 is 0. The van der Waals surface area contributed by atoms with Crippen LogP contribution < -0.4 is 4.74 Å². The second kappa shape index (κ2) is 10.3. The van der Waals surface area contributed by atoms with Crippen molar-refractivity contribution in [1.29, 1.82) is 0 Å². The van der Waals surface area contributed by atoms with E-state index in [0.717, 1.165) is 3.97 Å². The van der Waals surface area contributed by atoms with Crippen LogP contribution in [0.25, 0.3) is 22.0 Å². The minimum atomic E-state index is -3.95. The molecule has 39 heavy (non-hydrogen) atoms. The molecule has 1 aliphatic heterocycles. The first-order valence-corrected chi connectivity index (χ1v) is 14.2. The van der Waals surface area contributed by atoms with Gasteiger partial charge in [-0.2, -0.15) is 0 Å². The van der Waals surface area contributed by atoms with Crippen LogP contribution in [0.4, 0.5) is 9.18 Å². The van der Waals surface area contributed by atoms with Crippen molar-refractivity contribution >= 4 is 27.0 Å². The average Bonchev–Trinajstić information content (AvgIpc) is 3.28. The second-order valence-electron chi connectivity index (χ2n) is 10.5. The van der Waals surface area contributed by atoms with Crippen molar-refractivity contribution in [2.24, 2.45) is 0 Å². The number of nitrogens with zero attached hydrogens (tertiary/aromatic N) is 3. The maximum atomic E-state index is 14.2. The highest BCUT2D eigenvalue weighted by atomic mass is 32.2. The van der Waals surface area contributed by atoms with E-state index in [1.165, 1.54) is 30.5 Å². The first-order valence-electron chi connectivity index (χ1n) is 12.7. The number of piperidine rings is 1. The number of carbonyl (C=O) groups excluding carboxylic acids is 1. The third kappa shape index (κ3) is 5.75. The predicted octanol–water partition coefficient (Wildman–Crippen LogP) is 5.86. The Hall–Kier alpha value is -3.92. The second-order valence-corrected chi connectivity index (χ2v) is 12.3. The van der Waals surface area contributed by atoms with Crippen LogP contribution in [-0.4, -0.2) is 53.2 Å². The molecule has 10 heteroatoms. The van der Waals surface area contributed by atoms with Gasteiger partial charge in [0.2, 0.25) is 5.88 Å². The molecule has 1 aliphatic rings. The number of fused-ring (bicyclic) bond motifs is 1. The monoisotopic (exact) mass is 551 g/mol. The van der Waals surface area contributed by atoms with Gasteiger partial charge in [-0.15, -0.1) is 0 Å². The summed E-state index contributed by atoms with van der Waals surface area (Å²) in [4.78, 5) is 18.5. The minimum Gasteiger partial charge on any atom is -0.474 e. The Balaban J connectivity index is 1.34. The average molecular weight is 552 g/mol. The molecule has 0 spiro atoms. The minimum absolute atomic E-state index is 0.0945. The van der Waals surface area contributed by atoms with Crippen molar-refractivity contribution in [3.05, 3.63) is 78.9 Å². The summed E-state index contributed by atoms with van der Waals surface area (Å²) < 4.78 is 53.5. The molecule has 0 saturated carbocycles. The summed E-state index contributed by atoms with van der Waals surface area (Å²) in [7, 11) is -3.95. The number of amides is 1. The third-order valence-electron chi connectivity index (χ3n) is 6.46. The molecular weight excluding hydrogens is 521 g/mol. The number of likely N-dealkylation sites (tertiary alicyclic amines) is 1. The lowest BCUT2D eigenvalue weighted by Crippen LogP contribution is -2.44. The highest BCUT2D eigenvalue weighted by molar-refractivity contribution is 7.90. The Kier molecular flexibility index (Phi) is 7.07. The molecule has 4 aromatic rings. The Bertz CT molecular complexity index is 1590. The van der Waals surface area contributed by atoms with E-state index < -0.39 is 21.4 Å². The van der Waals surface area contributed by atoms with Crippen LogP contribution in [-0.2, 0) is 14.8 Å². The molecule has 1 fully saturated rings. The van der Waals surface area contributed by atoms with Crippen molar-refractivity contribution in [2.45, 2.75) is 50.2 Å². The standard InChI is InChI=1S/C29H30FN3O5S/c1-29(2,3)38-28(34)32-15-13-22(14-16-32)37-27-12-9-20(18-31-27)25-19-33(26-17-21(30)10-11-24(25)26)39(35,36)23-7-5-4-6-8-23/h4-12,17-19,22H,13-16H2,1-3H3. The zero-order chi connectivity index (χ0) is 27.8. The summed E-state index contributed by atoms with van der Waals surface area (Å²) in [6, 6.07) is 15.7. The van der Waals surface area contributed by atoms with Gasteiger partial charge in [-0.1, -0.05) is 18.2 Å². The summed E-state index contributed by atoms with van der Waals surface area (Å²) in [5.74, 6) is -0.0996. The molecule has 0 unspecified atom stereocenters. The van der Waals surface area contributed by atoms with Gasteiger partial charge in [-0.3, -0.25) is 0 Å². The molecule has 0 aliphatic carbocycles. The first kappa shape index (κ1) is 26.7. The number of halogens is 1. The largest absolute Gasteiger partial charge is 0.474 e. The molecule has 204 valence electrons. The molecule has 0 radical (unpaired) electrons. The number of pyridine rings is 1. The maximum absolute atomic E-state index is 14.2. The molecule has 8 nitrogen and oxygen atoms in total. The topological polar surface area (TPSA) is 90.7 Å². The van der Waals surface area contributed by atoms with Gasteiger partial charge in [0.05, 0.1) is 10.4 Å². The van der Waals surface area contributed by atoms with Gasteiger partial charge < -0.3 is 14.4 Å². The molecule has 0 bridgehead atoms. The fourth-order valence-corrected chi connectivity index (χ4v) is 5.95. The van der Waals surface area contributed by atoms with E-state index in [1.54, 1.807) is 47.5 Å². The van der Waals surface area contributed by atoms with Crippen molar-refractivity contribution in [3.63, 3.8) is 0 Å². The Morgan fingerprint density at radius 1 is 1.03 bits per heavy atom. The van der Waals surface area contributed by atoms with E-state index in [4.69, 9.17) is 9.47 Å². The summed E-state index contributed by atoms with van der Waals surface area (Å²) in [5.41, 5.74) is 0.975. The van der Waals surface area contributed by atoms with Crippen LogP contribution in [0.1, 0.15) is 33.6 Å². The van der Waals surface area contributed by atoms with Crippen LogP contribution in [0.5, 0.6) is 5.88 Å². The van der Waals surface area contributed by atoms with Gasteiger partial charge in [0.1, 0.15) is 17.5 Å². The highest BCUT2D eigenvalue weighted by Crippen LogP contribution is 2.34.